The number of pyridine rings is 1. The molecule has 3 nitrogen and oxygen atoms in total. The van der Waals surface area contributed by atoms with E-state index in [0.29, 0.717) is 10.6 Å². The standard InChI is InChI=1S/C21H20N2OS/c1-13(24)20-19(22)18-16(12-11-14-7-3-2-4-8-14)15-9-5-6-10-17(15)23-21(18)25-20/h2-4,7-8,11-12H,5-6,9-10,22H2,1H3/b12-11+. The number of thiophene rings is 1. The summed E-state index contributed by atoms with van der Waals surface area (Å²) in [7, 11) is 0. The van der Waals surface area contributed by atoms with Crippen LogP contribution in [0.25, 0.3) is 22.4 Å². The van der Waals surface area contributed by atoms with Crippen LogP contribution in [-0.4, -0.2) is 10.8 Å². The number of nitrogens with zero attached hydrogens (tertiary/aromatic N) is 1. The number of nitrogen functional groups attached to an aromatic ring is 1. The molecule has 1 aromatic carbocycles. The number of Topliss-reactive ketones (excluding diaryl/α,β-unsaturated/α-hetero) is 1. The highest BCUT2D eigenvalue weighted by atomic mass is 32.1. The van der Waals surface area contributed by atoms with E-state index in [4.69, 9.17) is 10.7 Å². The fourth-order valence-electron chi connectivity index (χ4n) is 3.54. The molecule has 2 heterocycles. The zero-order chi connectivity index (χ0) is 17.4. The first-order valence-corrected chi connectivity index (χ1v) is 9.44. The average molecular weight is 348 g/mol. The highest BCUT2D eigenvalue weighted by molar-refractivity contribution is 7.21. The Balaban J connectivity index is 1.96. The fourth-order valence-corrected chi connectivity index (χ4v) is 4.56. The Morgan fingerprint density at radius 3 is 2.68 bits per heavy atom. The summed E-state index contributed by atoms with van der Waals surface area (Å²) in [5.41, 5.74) is 11.7. The maximum absolute atomic E-state index is 11.9. The number of carbonyl (C=O) groups excluding carboxylic acids is 1. The van der Waals surface area contributed by atoms with E-state index in [9.17, 15) is 4.79 Å². The summed E-state index contributed by atoms with van der Waals surface area (Å²) in [6.45, 7) is 1.57. The topological polar surface area (TPSA) is 56.0 Å². The summed E-state index contributed by atoms with van der Waals surface area (Å²) in [5.74, 6) is 0.0106. The highest BCUT2D eigenvalue weighted by Crippen LogP contribution is 2.40. The van der Waals surface area contributed by atoms with Gasteiger partial charge in [0.05, 0.1) is 10.6 Å². The second kappa shape index (κ2) is 6.45. The lowest BCUT2D eigenvalue weighted by Gasteiger charge is -2.18. The Kier molecular flexibility index (Phi) is 4.14. The molecule has 2 N–H and O–H groups in total. The first-order chi connectivity index (χ1) is 12.1. The van der Waals surface area contributed by atoms with Crippen LogP contribution in [-0.2, 0) is 12.8 Å². The summed E-state index contributed by atoms with van der Waals surface area (Å²) in [5, 5.41) is 0.947. The molecule has 3 aromatic rings. The quantitative estimate of drug-likeness (QED) is 0.668. The second-order valence-electron chi connectivity index (χ2n) is 6.48. The SMILES string of the molecule is CC(=O)c1sc2nc3c(c(/C=C/c4ccccc4)c2c1N)CCCC3. The number of fused-ring (bicyclic) bond motifs is 2. The van der Waals surface area contributed by atoms with Crippen molar-refractivity contribution in [1.82, 2.24) is 4.98 Å². The number of ketones is 1. The number of benzene rings is 1. The molecule has 0 spiro atoms. The van der Waals surface area contributed by atoms with E-state index < -0.39 is 0 Å². The molecule has 0 amide bonds. The highest BCUT2D eigenvalue weighted by Gasteiger charge is 2.22. The molecule has 4 heteroatoms. The smallest absolute Gasteiger partial charge is 0.171 e. The Morgan fingerprint density at radius 1 is 1.16 bits per heavy atom. The van der Waals surface area contributed by atoms with Gasteiger partial charge in [-0.25, -0.2) is 4.98 Å². The molecule has 126 valence electrons. The molecule has 0 saturated carbocycles. The maximum Gasteiger partial charge on any atom is 0.171 e. The molecule has 0 saturated heterocycles. The van der Waals surface area contributed by atoms with Gasteiger partial charge in [-0.1, -0.05) is 42.5 Å². The van der Waals surface area contributed by atoms with E-state index in [1.54, 1.807) is 6.92 Å². The minimum Gasteiger partial charge on any atom is -0.397 e. The van der Waals surface area contributed by atoms with Gasteiger partial charge < -0.3 is 5.73 Å². The van der Waals surface area contributed by atoms with Crippen molar-refractivity contribution in [3.8, 4) is 0 Å². The van der Waals surface area contributed by atoms with E-state index in [-0.39, 0.29) is 5.78 Å². The van der Waals surface area contributed by atoms with Crippen molar-refractivity contribution in [2.75, 3.05) is 5.73 Å². The monoisotopic (exact) mass is 348 g/mol. The molecular formula is C21H20N2OS. The number of rotatable bonds is 3. The predicted molar refractivity (Wildman–Crippen MR) is 106 cm³/mol. The maximum atomic E-state index is 11.9. The van der Waals surface area contributed by atoms with Crippen LogP contribution in [0.5, 0.6) is 0 Å². The average Bonchev–Trinajstić information content (AvgIpc) is 2.96. The fraction of sp³-hybridized carbons (Fsp3) is 0.238. The minimum atomic E-state index is 0.0106. The van der Waals surface area contributed by atoms with E-state index >= 15 is 0 Å². The molecular weight excluding hydrogens is 328 g/mol. The summed E-state index contributed by atoms with van der Waals surface area (Å²) in [6.07, 6.45) is 8.65. The first kappa shape index (κ1) is 16.0. The summed E-state index contributed by atoms with van der Waals surface area (Å²) in [4.78, 5) is 18.3. The molecule has 1 aliphatic rings. The van der Waals surface area contributed by atoms with Gasteiger partial charge in [-0.05, 0) is 42.4 Å². The van der Waals surface area contributed by atoms with Crippen LogP contribution in [0.2, 0.25) is 0 Å². The third-order valence-corrected chi connectivity index (χ3v) is 5.96. The molecule has 0 atom stereocenters. The Morgan fingerprint density at radius 2 is 1.92 bits per heavy atom. The van der Waals surface area contributed by atoms with Gasteiger partial charge in [0.1, 0.15) is 4.83 Å². The van der Waals surface area contributed by atoms with Crippen LogP contribution >= 0.6 is 11.3 Å². The lowest BCUT2D eigenvalue weighted by atomic mass is 9.90. The van der Waals surface area contributed by atoms with Crippen LogP contribution in [0.1, 0.15) is 51.8 Å². The molecule has 1 aliphatic carbocycles. The minimum absolute atomic E-state index is 0.0106. The van der Waals surface area contributed by atoms with Crippen molar-refractivity contribution in [3.63, 3.8) is 0 Å². The van der Waals surface area contributed by atoms with Crippen molar-refractivity contribution >= 4 is 45.2 Å². The van der Waals surface area contributed by atoms with Crippen molar-refractivity contribution < 1.29 is 4.79 Å². The van der Waals surface area contributed by atoms with Gasteiger partial charge in [-0.3, -0.25) is 4.79 Å². The van der Waals surface area contributed by atoms with Gasteiger partial charge in [-0.15, -0.1) is 11.3 Å². The Bertz CT molecular complexity index is 986. The van der Waals surface area contributed by atoms with Gasteiger partial charge in [0.25, 0.3) is 0 Å². The molecule has 2 aromatic heterocycles. The molecule has 25 heavy (non-hydrogen) atoms. The lowest BCUT2D eigenvalue weighted by Crippen LogP contribution is -2.08. The van der Waals surface area contributed by atoms with Crippen LogP contribution in [0.4, 0.5) is 5.69 Å². The molecule has 4 rings (SSSR count). The van der Waals surface area contributed by atoms with Crippen molar-refractivity contribution in [2.45, 2.75) is 32.6 Å². The lowest BCUT2D eigenvalue weighted by molar-refractivity contribution is 0.102. The largest absolute Gasteiger partial charge is 0.397 e. The number of carbonyl (C=O) groups is 1. The van der Waals surface area contributed by atoms with Crippen LogP contribution in [0, 0.1) is 0 Å². The zero-order valence-corrected chi connectivity index (χ0v) is 15.0. The van der Waals surface area contributed by atoms with Crippen LogP contribution < -0.4 is 5.73 Å². The summed E-state index contributed by atoms with van der Waals surface area (Å²) >= 11 is 1.42. The second-order valence-corrected chi connectivity index (χ2v) is 7.48. The molecule has 0 fully saturated rings. The van der Waals surface area contributed by atoms with E-state index in [0.717, 1.165) is 34.2 Å². The third kappa shape index (κ3) is 2.87. The van der Waals surface area contributed by atoms with Crippen molar-refractivity contribution in [3.05, 3.63) is 57.6 Å². The van der Waals surface area contributed by atoms with Gasteiger partial charge in [0, 0.05) is 18.0 Å². The number of hydrogen-bond acceptors (Lipinski definition) is 4. The molecule has 0 radical (unpaired) electrons. The number of aryl methyl sites for hydroxylation is 1. The zero-order valence-electron chi connectivity index (χ0n) is 14.2. The van der Waals surface area contributed by atoms with Gasteiger partial charge >= 0.3 is 0 Å². The van der Waals surface area contributed by atoms with Crippen molar-refractivity contribution in [2.24, 2.45) is 0 Å². The molecule has 0 aliphatic heterocycles. The number of hydrogen-bond donors (Lipinski definition) is 1. The first-order valence-electron chi connectivity index (χ1n) is 8.63. The van der Waals surface area contributed by atoms with E-state index in [1.165, 1.54) is 35.4 Å². The summed E-state index contributed by atoms with van der Waals surface area (Å²) in [6, 6.07) is 10.2. The van der Waals surface area contributed by atoms with Gasteiger partial charge in [0.2, 0.25) is 0 Å². The van der Waals surface area contributed by atoms with Crippen LogP contribution in [0.3, 0.4) is 0 Å². The molecule has 0 bridgehead atoms. The summed E-state index contributed by atoms with van der Waals surface area (Å²) < 4.78 is 0. The Labute approximate surface area is 151 Å². The third-order valence-electron chi connectivity index (χ3n) is 4.76. The van der Waals surface area contributed by atoms with E-state index in [1.807, 2.05) is 18.2 Å². The van der Waals surface area contributed by atoms with Gasteiger partial charge in [-0.2, -0.15) is 0 Å². The van der Waals surface area contributed by atoms with E-state index in [2.05, 4.69) is 24.3 Å². The normalized spacial score (nSPS) is 14.1. The predicted octanol–water partition coefficient (Wildman–Crippen LogP) is 5.13. The number of nitrogens with two attached hydrogens (primary N) is 1. The van der Waals surface area contributed by atoms with Crippen molar-refractivity contribution in [1.29, 1.82) is 0 Å². The van der Waals surface area contributed by atoms with Crippen LogP contribution in [0.15, 0.2) is 30.3 Å². The number of anilines is 1. The molecule has 0 unspecified atom stereocenters. The Hall–Kier alpha value is -2.46. The number of aromatic nitrogens is 1. The van der Waals surface area contributed by atoms with Gasteiger partial charge in [0.15, 0.2) is 5.78 Å².